The summed E-state index contributed by atoms with van der Waals surface area (Å²) in [6.45, 7) is 1.44. The Morgan fingerprint density at radius 3 is 2.27 bits per heavy atom. The maximum Gasteiger partial charge on any atom is 0.311 e. The van der Waals surface area contributed by atoms with Gasteiger partial charge in [-0.15, -0.1) is 0 Å². The highest BCUT2D eigenvalue weighted by molar-refractivity contribution is 6.30. The van der Waals surface area contributed by atoms with E-state index in [0.29, 0.717) is 22.9 Å². The van der Waals surface area contributed by atoms with E-state index in [1.54, 1.807) is 36.4 Å². The van der Waals surface area contributed by atoms with Crippen molar-refractivity contribution in [1.82, 2.24) is 0 Å². The maximum absolute atomic E-state index is 11.8. The fraction of sp³-hybridized carbons (Fsp3) is 0.176. The lowest BCUT2D eigenvalue weighted by Gasteiger charge is -2.06. The molecule has 0 aromatic heterocycles. The molecule has 0 bridgehead atoms. The lowest BCUT2D eigenvalue weighted by molar-refractivity contribution is -0.134. The zero-order chi connectivity index (χ0) is 15.9. The second-order valence-corrected chi connectivity index (χ2v) is 5.24. The summed E-state index contributed by atoms with van der Waals surface area (Å²) in [6, 6.07) is 14.0. The Morgan fingerprint density at radius 1 is 1.05 bits per heavy atom. The van der Waals surface area contributed by atoms with Crippen molar-refractivity contribution in [3.05, 3.63) is 59.1 Å². The number of halogens is 1. The minimum atomic E-state index is -0.303. The van der Waals surface area contributed by atoms with Crippen LogP contribution >= 0.6 is 11.6 Å². The summed E-state index contributed by atoms with van der Waals surface area (Å²) >= 11 is 5.81. The van der Waals surface area contributed by atoms with Crippen LogP contribution in [0.3, 0.4) is 0 Å². The molecule has 4 nitrogen and oxygen atoms in total. The van der Waals surface area contributed by atoms with Crippen molar-refractivity contribution in [2.75, 3.05) is 5.32 Å². The number of rotatable bonds is 5. The van der Waals surface area contributed by atoms with E-state index in [-0.39, 0.29) is 18.3 Å². The molecule has 0 atom stereocenters. The number of amides is 1. The van der Waals surface area contributed by atoms with Gasteiger partial charge in [0, 0.05) is 24.1 Å². The zero-order valence-corrected chi connectivity index (χ0v) is 12.9. The van der Waals surface area contributed by atoms with Gasteiger partial charge in [-0.05, 0) is 48.4 Å². The SMILES string of the molecule is CC(=O)Nc1ccc(OC(=O)CCc2ccc(Cl)cc2)cc1. The topological polar surface area (TPSA) is 55.4 Å². The van der Waals surface area contributed by atoms with E-state index < -0.39 is 0 Å². The fourth-order valence-corrected chi connectivity index (χ4v) is 2.02. The van der Waals surface area contributed by atoms with Gasteiger partial charge in [-0.2, -0.15) is 0 Å². The highest BCUT2D eigenvalue weighted by atomic mass is 35.5. The molecule has 0 unspecified atom stereocenters. The molecule has 0 aliphatic heterocycles. The number of esters is 1. The largest absolute Gasteiger partial charge is 0.427 e. The van der Waals surface area contributed by atoms with E-state index >= 15 is 0 Å². The molecule has 1 N–H and O–H groups in total. The quantitative estimate of drug-likeness (QED) is 0.673. The minimum Gasteiger partial charge on any atom is -0.427 e. The molecule has 0 spiro atoms. The van der Waals surface area contributed by atoms with Crippen LogP contribution in [0.4, 0.5) is 5.69 Å². The van der Waals surface area contributed by atoms with Crippen molar-refractivity contribution in [3.8, 4) is 5.75 Å². The van der Waals surface area contributed by atoms with E-state index in [9.17, 15) is 9.59 Å². The van der Waals surface area contributed by atoms with E-state index in [2.05, 4.69) is 5.32 Å². The average Bonchev–Trinajstić information content (AvgIpc) is 2.48. The molecule has 0 heterocycles. The van der Waals surface area contributed by atoms with Crippen molar-refractivity contribution in [2.24, 2.45) is 0 Å². The van der Waals surface area contributed by atoms with Crippen LogP contribution < -0.4 is 10.1 Å². The van der Waals surface area contributed by atoms with E-state index in [4.69, 9.17) is 16.3 Å². The highest BCUT2D eigenvalue weighted by Gasteiger charge is 2.06. The van der Waals surface area contributed by atoms with Gasteiger partial charge in [-0.25, -0.2) is 0 Å². The van der Waals surface area contributed by atoms with Crippen LogP contribution in [-0.4, -0.2) is 11.9 Å². The van der Waals surface area contributed by atoms with Crippen LogP contribution in [0.15, 0.2) is 48.5 Å². The van der Waals surface area contributed by atoms with E-state index in [1.807, 2.05) is 12.1 Å². The molecule has 2 aromatic rings. The molecule has 2 aromatic carbocycles. The Hall–Kier alpha value is -2.33. The molecule has 114 valence electrons. The Balaban J connectivity index is 1.83. The summed E-state index contributed by atoms with van der Waals surface area (Å²) in [5.41, 5.74) is 1.69. The second kappa shape index (κ2) is 7.61. The first-order valence-corrected chi connectivity index (χ1v) is 7.23. The first kappa shape index (κ1) is 16.0. The third-order valence-electron chi connectivity index (χ3n) is 2.94. The number of nitrogens with one attached hydrogen (secondary N) is 1. The number of hydrogen-bond donors (Lipinski definition) is 1. The van der Waals surface area contributed by atoms with Crippen LogP contribution in [0.25, 0.3) is 0 Å². The Kier molecular flexibility index (Phi) is 5.55. The standard InChI is InChI=1S/C17H16ClNO3/c1-12(20)19-15-7-9-16(10-8-15)22-17(21)11-4-13-2-5-14(18)6-3-13/h2-3,5-10H,4,11H2,1H3,(H,19,20). The molecule has 0 aliphatic carbocycles. The maximum atomic E-state index is 11.8. The molecule has 0 saturated carbocycles. The van der Waals surface area contributed by atoms with Gasteiger partial charge in [0.1, 0.15) is 5.75 Å². The number of hydrogen-bond acceptors (Lipinski definition) is 3. The Bertz CT molecular complexity index is 651. The lowest BCUT2D eigenvalue weighted by Crippen LogP contribution is -2.09. The predicted octanol–water partition coefficient (Wildman–Crippen LogP) is 3.84. The van der Waals surface area contributed by atoms with Gasteiger partial charge in [0.05, 0.1) is 0 Å². The molecule has 5 heteroatoms. The Labute approximate surface area is 134 Å². The van der Waals surface area contributed by atoms with Crippen LogP contribution in [0.5, 0.6) is 5.75 Å². The Morgan fingerprint density at radius 2 is 1.68 bits per heavy atom. The summed E-state index contributed by atoms with van der Waals surface area (Å²) in [5.74, 6) is 0.00476. The van der Waals surface area contributed by atoms with Crippen molar-refractivity contribution >= 4 is 29.2 Å². The monoisotopic (exact) mass is 317 g/mol. The smallest absolute Gasteiger partial charge is 0.311 e. The number of anilines is 1. The third-order valence-corrected chi connectivity index (χ3v) is 3.19. The number of ether oxygens (including phenoxy) is 1. The normalized spacial score (nSPS) is 10.1. The van der Waals surface area contributed by atoms with Gasteiger partial charge in [0.25, 0.3) is 0 Å². The van der Waals surface area contributed by atoms with Crippen LogP contribution in [0, 0.1) is 0 Å². The molecule has 0 fully saturated rings. The summed E-state index contributed by atoms with van der Waals surface area (Å²) < 4.78 is 5.24. The van der Waals surface area contributed by atoms with Gasteiger partial charge in [0.2, 0.25) is 5.91 Å². The molecule has 1 amide bonds. The number of aryl methyl sites for hydroxylation is 1. The van der Waals surface area contributed by atoms with Gasteiger partial charge < -0.3 is 10.1 Å². The molecular weight excluding hydrogens is 302 g/mol. The van der Waals surface area contributed by atoms with Crippen LogP contribution in [0.1, 0.15) is 18.9 Å². The predicted molar refractivity (Wildman–Crippen MR) is 86.2 cm³/mol. The lowest BCUT2D eigenvalue weighted by atomic mass is 10.1. The summed E-state index contributed by atoms with van der Waals surface area (Å²) in [6.07, 6.45) is 0.884. The molecule has 0 saturated heterocycles. The first-order chi connectivity index (χ1) is 10.5. The molecule has 0 aliphatic rings. The minimum absolute atomic E-state index is 0.146. The van der Waals surface area contributed by atoms with Gasteiger partial charge in [0.15, 0.2) is 0 Å². The van der Waals surface area contributed by atoms with Gasteiger partial charge in [-0.3, -0.25) is 9.59 Å². The van der Waals surface area contributed by atoms with Crippen LogP contribution in [0.2, 0.25) is 5.02 Å². The highest BCUT2D eigenvalue weighted by Crippen LogP contribution is 2.17. The van der Waals surface area contributed by atoms with E-state index in [1.165, 1.54) is 6.92 Å². The number of carbonyl (C=O) groups is 2. The average molecular weight is 318 g/mol. The first-order valence-electron chi connectivity index (χ1n) is 6.86. The molecule has 22 heavy (non-hydrogen) atoms. The molecular formula is C17H16ClNO3. The van der Waals surface area contributed by atoms with Gasteiger partial charge >= 0.3 is 5.97 Å². The molecule has 2 rings (SSSR count). The number of carbonyl (C=O) groups excluding carboxylic acids is 2. The molecule has 0 radical (unpaired) electrons. The summed E-state index contributed by atoms with van der Waals surface area (Å²) in [4.78, 5) is 22.7. The second-order valence-electron chi connectivity index (χ2n) is 4.81. The van der Waals surface area contributed by atoms with Crippen LogP contribution in [-0.2, 0) is 16.0 Å². The van der Waals surface area contributed by atoms with Crippen molar-refractivity contribution in [2.45, 2.75) is 19.8 Å². The summed E-state index contributed by atoms with van der Waals surface area (Å²) in [5, 5.41) is 3.32. The van der Waals surface area contributed by atoms with Crippen molar-refractivity contribution in [3.63, 3.8) is 0 Å². The summed E-state index contributed by atoms with van der Waals surface area (Å²) in [7, 11) is 0. The number of benzene rings is 2. The van der Waals surface area contributed by atoms with Crippen molar-refractivity contribution in [1.29, 1.82) is 0 Å². The van der Waals surface area contributed by atoms with E-state index in [0.717, 1.165) is 5.56 Å². The van der Waals surface area contributed by atoms with Gasteiger partial charge in [-0.1, -0.05) is 23.7 Å². The zero-order valence-electron chi connectivity index (χ0n) is 12.1. The fourth-order valence-electron chi connectivity index (χ4n) is 1.89. The third kappa shape index (κ3) is 5.22. The van der Waals surface area contributed by atoms with Crippen molar-refractivity contribution < 1.29 is 14.3 Å².